The first-order chi connectivity index (χ1) is 11.9. The van der Waals surface area contributed by atoms with E-state index in [9.17, 15) is 18.8 Å². The summed E-state index contributed by atoms with van der Waals surface area (Å²) in [6, 6.07) is 3.66. The summed E-state index contributed by atoms with van der Waals surface area (Å²) in [6.07, 6.45) is 1.34. The largest absolute Gasteiger partial charge is 0.337 e. The summed E-state index contributed by atoms with van der Waals surface area (Å²) in [5.41, 5.74) is 0.864. The van der Waals surface area contributed by atoms with Crippen LogP contribution in [0.2, 0.25) is 0 Å². The molecule has 4 amide bonds. The molecule has 0 atom stereocenters. The molecule has 1 aliphatic rings. The minimum absolute atomic E-state index is 0.0501. The average molecular weight is 344 g/mol. The molecule has 0 saturated carbocycles. The van der Waals surface area contributed by atoms with Crippen LogP contribution in [0.5, 0.6) is 0 Å². The Hall–Kier alpha value is -3.36. The molecular formula is C16H13FN4O4. The molecule has 8 nitrogen and oxygen atoms in total. The van der Waals surface area contributed by atoms with Crippen molar-refractivity contribution in [2.24, 2.45) is 0 Å². The third-order valence-corrected chi connectivity index (χ3v) is 3.64. The van der Waals surface area contributed by atoms with Crippen molar-refractivity contribution >= 4 is 17.8 Å². The van der Waals surface area contributed by atoms with Gasteiger partial charge in [0.1, 0.15) is 12.4 Å². The van der Waals surface area contributed by atoms with Crippen molar-refractivity contribution in [3.05, 3.63) is 48.1 Å². The zero-order valence-electron chi connectivity index (χ0n) is 13.2. The number of aromatic nitrogens is 2. The molecule has 0 aliphatic carbocycles. The molecule has 0 spiro atoms. The van der Waals surface area contributed by atoms with E-state index in [0.717, 1.165) is 4.90 Å². The van der Waals surface area contributed by atoms with E-state index in [4.69, 9.17) is 4.52 Å². The Bertz CT molecular complexity index is 892. The minimum atomic E-state index is -0.979. The summed E-state index contributed by atoms with van der Waals surface area (Å²) in [5.74, 6) is -2.27. The number of imide groups is 2. The standard InChI is InChI=1S/C16H13FN4O4/c1-3-6-20-14(22)15(23)21(16(20)24)8-12-18-13(19-25-12)10-5-4-9(2)11(17)7-10/h3-5,7H,1,6,8H2,2H3. The second-order valence-electron chi connectivity index (χ2n) is 5.35. The van der Waals surface area contributed by atoms with E-state index in [-0.39, 0.29) is 24.8 Å². The maximum atomic E-state index is 13.6. The van der Waals surface area contributed by atoms with E-state index >= 15 is 0 Å². The maximum Gasteiger partial charge on any atom is 0.335 e. The number of rotatable bonds is 5. The van der Waals surface area contributed by atoms with Crippen molar-refractivity contribution in [3.8, 4) is 11.4 Å². The van der Waals surface area contributed by atoms with Gasteiger partial charge < -0.3 is 4.52 Å². The van der Waals surface area contributed by atoms with Gasteiger partial charge in [-0.05, 0) is 18.6 Å². The van der Waals surface area contributed by atoms with Crippen molar-refractivity contribution in [3.63, 3.8) is 0 Å². The number of aryl methyl sites for hydroxylation is 1. The van der Waals surface area contributed by atoms with Gasteiger partial charge in [-0.2, -0.15) is 4.98 Å². The zero-order valence-corrected chi connectivity index (χ0v) is 13.2. The second kappa shape index (κ2) is 6.27. The molecule has 0 radical (unpaired) electrons. The number of halogens is 1. The fraction of sp³-hybridized carbons (Fsp3) is 0.188. The summed E-state index contributed by atoms with van der Waals surface area (Å²) in [4.78, 5) is 41.3. The molecule has 1 aromatic heterocycles. The first kappa shape index (κ1) is 16.5. The number of hydrogen-bond acceptors (Lipinski definition) is 6. The zero-order chi connectivity index (χ0) is 18.1. The Morgan fingerprint density at radius 1 is 1.24 bits per heavy atom. The average Bonchev–Trinajstić information content (AvgIpc) is 3.13. The normalized spacial score (nSPS) is 14.6. The number of hydrogen-bond donors (Lipinski definition) is 0. The quantitative estimate of drug-likeness (QED) is 0.465. The van der Waals surface area contributed by atoms with Crippen LogP contribution in [-0.2, 0) is 16.1 Å². The molecule has 25 heavy (non-hydrogen) atoms. The van der Waals surface area contributed by atoms with Crippen molar-refractivity contribution in [2.45, 2.75) is 13.5 Å². The molecule has 0 unspecified atom stereocenters. The summed E-state index contributed by atoms with van der Waals surface area (Å²) < 4.78 is 18.6. The van der Waals surface area contributed by atoms with Crippen LogP contribution < -0.4 is 0 Å². The monoisotopic (exact) mass is 344 g/mol. The molecule has 2 aromatic rings. The molecule has 3 rings (SSSR count). The van der Waals surface area contributed by atoms with E-state index in [1.54, 1.807) is 19.1 Å². The van der Waals surface area contributed by atoms with Gasteiger partial charge in [-0.15, -0.1) is 6.58 Å². The number of nitrogens with zero attached hydrogens (tertiary/aromatic N) is 4. The van der Waals surface area contributed by atoms with Crippen LogP contribution >= 0.6 is 0 Å². The predicted octanol–water partition coefficient (Wildman–Crippen LogP) is 1.66. The lowest BCUT2D eigenvalue weighted by Crippen LogP contribution is -2.33. The van der Waals surface area contributed by atoms with Gasteiger partial charge in [0, 0.05) is 12.1 Å². The third-order valence-electron chi connectivity index (χ3n) is 3.64. The highest BCUT2D eigenvalue weighted by atomic mass is 19.1. The Balaban J connectivity index is 1.80. The maximum absolute atomic E-state index is 13.6. The minimum Gasteiger partial charge on any atom is -0.337 e. The fourth-order valence-corrected chi connectivity index (χ4v) is 2.28. The van der Waals surface area contributed by atoms with E-state index in [0.29, 0.717) is 16.0 Å². The summed E-state index contributed by atoms with van der Waals surface area (Å²) >= 11 is 0. The third kappa shape index (κ3) is 2.91. The lowest BCUT2D eigenvalue weighted by Gasteiger charge is -2.11. The van der Waals surface area contributed by atoms with Crippen LogP contribution in [0, 0.1) is 12.7 Å². The summed E-state index contributed by atoms with van der Waals surface area (Å²) in [6.45, 7) is 4.63. The van der Waals surface area contributed by atoms with E-state index in [2.05, 4.69) is 16.7 Å². The smallest absolute Gasteiger partial charge is 0.335 e. The number of amides is 4. The molecule has 1 aromatic carbocycles. The lowest BCUT2D eigenvalue weighted by atomic mass is 10.1. The topological polar surface area (TPSA) is 96.6 Å². The number of carbonyl (C=O) groups excluding carboxylic acids is 3. The molecule has 9 heteroatoms. The number of benzene rings is 1. The van der Waals surface area contributed by atoms with Gasteiger partial charge in [0.2, 0.25) is 11.7 Å². The van der Waals surface area contributed by atoms with Crippen molar-refractivity contribution in [1.82, 2.24) is 19.9 Å². The van der Waals surface area contributed by atoms with E-state index < -0.39 is 23.7 Å². The number of urea groups is 1. The van der Waals surface area contributed by atoms with E-state index in [1.807, 2.05) is 0 Å². The molecule has 1 fully saturated rings. The Morgan fingerprint density at radius 2 is 1.96 bits per heavy atom. The van der Waals surface area contributed by atoms with Gasteiger partial charge >= 0.3 is 17.8 Å². The molecular weight excluding hydrogens is 331 g/mol. The summed E-state index contributed by atoms with van der Waals surface area (Å²) in [5, 5.41) is 3.71. The Morgan fingerprint density at radius 3 is 2.64 bits per heavy atom. The Labute approximate surface area is 141 Å². The van der Waals surface area contributed by atoms with E-state index in [1.165, 1.54) is 12.1 Å². The van der Waals surface area contributed by atoms with Crippen LogP contribution in [-0.4, -0.2) is 44.3 Å². The molecule has 2 heterocycles. The molecule has 0 bridgehead atoms. The van der Waals surface area contributed by atoms with Crippen LogP contribution in [0.15, 0.2) is 35.4 Å². The highest BCUT2D eigenvalue weighted by Gasteiger charge is 2.44. The highest BCUT2D eigenvalue weighted by Crippen LogP contribution is 2.21. The molecule has 1 saturated heterocycles. The van der Waals surface area contributed by atoms with Gasteiger partial charge in [-0.3, -0.25) is 14.5 Å². The first-order valence-electron chi connectivity index (χ1n) is 7.29. The second-order valence-corrected chi connectivity index (χ2v) is 5.35. The number of carbonyl (C=O) groups is 3. The lowest BCUT2D eigenvalue weighted by molar-refractivity contribution is -0.143. The van der Waals surface area contributed by atoms with Crippen LogP contribution in [0.3, 0.4) is 0 Å². The van der Waals surface area contributed by atoms with Crippen molar-refractivity contribution < 1.29 is 23.3 Å². The molecule has 0 N–H and O–H groups in total. The van der Waals surface area contributed by atoms with Gasteiger partial charge in [0.05, 0.1) is 0 Å². The van der Waals surface area contributed by atoms with Crippen LogP contribution in [0.1, 0.15) is 11.5 Å². The van der Waals surface area contributed by atoms with Crippen LogP contribution in [0.4, 0.5) is 9.18 Å². The predicted molar refractivity (Wildman–Crippen MR) is 82.3 cm³/mol. The van der Waals surface area contributed by atoms with Gasteiger partial charge in [-0.1, -0.05) is 23.4 Å². The molecule has 128 valence electrons. The van der Waals surface area contributed by atoms with Gasteiger partial charge in [0.25, 0.3) is 0 Å². The van der Waals surface area contributed by atoms with Crippen molar-refractivity contribution in [1.29, 1.82) is 0 Å². The SMILES string of the molecule is C=CCN1C(=O)C(=O)N(Cc2nc(-c3ccc(C)c(F)c3)no2)C1=O. The highest BCUT2D eigenvalue weighted by molar-refractivity contribution is 6.44. The Kier molecular flexibility index (Phi) is 4.14. The van der Waals surface area contributed by atoms with Crippen molar-refractivity contribution in [2.75, 3.05) is 6.54 Å². The summed E-state index contributed by atoms with van der Waals surface area (Å²) in [7, 11) is 0. The molecule has 1 aliphatic heterocycles. The van der Waals surface area contributed by atoms with Crippen LogP contribution in [0.25, 0.3) is 11.4 Å². The van der Waals surface area contributed by atoms with Gasteiger partial charge in [-0.25, -0.2) is 14.1 Å². The first-order valence-corrected chi connectivity index (χ1v) is 7.29. The van der Waals surface area contributed by atoms with Gasteiger partial charge in [0.15, 0.2) is 0 Å². The fourth-order valence-electron chi connectivity index (χ4n) is 2.28.